The Hall–Kier alpha value is -0.630. The molecule has 0 saturated carbocycles. The highest BCUT2D eigenvalue weighted by atomic mass is 16.1. The average Bonchev–Trinajstić information content (AvgIpc) is 2.16. The standard InChI is InChI=1S/C12H21NO/c1-10(2)5-6-12(14)8-11-4-3-7-13-9-11/h11,13H,1,3-9H2,2H3. The Morgan fingerprint density at radius 3 is 2.86 bits per heavy atom. The van der Waals surface area contributed by atoms with Gasteiger partial charge in [-0.15, -0.1) is 6.58 Å². The van der Waals surface area contributed by atoms with Gasteiger partial charge >= 0.3 is 0 Å². The maximum Gasteiger partial charge on any atom is 0.133 e. The number of piperidine rings is 1. The van der Waals surface area contributed by atoms with Crippen LogP contribution in [-0.4, -0.2) is 18.9 Å². The zero-order valence-electron chi connectivity index (χ0n) is 9.14. The smallest absolute Gasteiger partial charge is 0.133 e. The number of hydrogen-bond donors (Lipinski definition) is 1. The Balaban J connectivity index is 2.15. The number of carbonyl (C=O) groups is 1. The van der Waals surface area contributed by atoms with E-state index in [0.717, 1.165) is 31.5 Å². The first-order valence-electron chi connectivity index (χ1n) is 5.55. The van der Waals surface area contributed by atoms with Crippen LogP contribution in [0.4, 0.5) is 0 Å². The second kappa shape index (κ2) is 5.97. The van der Waals surface area contributed by atoms with E-state index in [1.165, 1.54) is 12.8 Å². The van der Waals surface area contributed by atoms with E-state index in [4.69, 9.17) is 0 Å². The van der Waals surface area contributed by atoms with E-state index in [2.05, 4.69) is 11.9 Å². The summed E-state index contributed by atoms with van der Waals surface area (Å²) >= 11 is 0. The summed E-state index contributed by atoms with van der Waals surface area (Å²) in [7, 11) is 0. The molecule has 1 aliphatic rings. The van der Waals surface area contributed by atoms with Gasteiger partial charge in [-0.1, -0.05) is 5.57 Å². The molecule has 1 atom stereocenters. The minimum Gasteiger partial charge on any atom is -0.316 e. The fourth-order valence-corrected chi connectivity index (χ4v) is 1.88. The van der Waals surface area contributed by atoms with Crippen molar-refractivity contribution in [2.75, 3.05) is 13.1 Å². The van der Waals surface area contributed by atoms with E-state index in [1.54, 1.807) is 0 Å². The van der Waals surface area contributed by atoms with Gasteiger partial charge in [-0.05, 0) is 45.2 Å². The number of Topliss-reactive ketones (excluding diaryl/α,β-unsaturated/α-hetero) is 1. The molecular formula is C12H21NO. The number of ketones is 1. The quantitative estimate of drug-likeness (QED) is 0.682. The molecule has 0 bridgehead atoms. The van der Waals surface area contributed by atoms with Crippen LogP contribution in [-0.2, 0) is 4.79 Å². The molecule has 2 nitrogen and oxygen atoms in total. The minimum absolute atomic E-state index is 0.404. The molecule has 1 heterocycles. The van der Waals surface area contributed by atoms with Gasteiger partial charge in [0.2, 0.25) is 0 Å². The van der Waals surface area contributed by atoms with E-state index in [1.807, 2.05) is 6.92 Å². The lowest BCUT2D eigenvalue weighted by Crippen LogP contribution is -2.31. The highest BCUT2D eigenvalue weighted by molar-refractivity contribution is 5.78. The zero-order chi connectivity index (χ0) is 10.4. The molecule has 80 valence electrons. The van der Waals surface area contributed by atoms with Gasteiger partial charge in [0.1, 0.15) is 5.78 Å². The summed E-state index contributed by atoms with van der Waals surface area (Å²) in [6.45, 7) is 7.94. The van der Waals surface area contributed by atoms with Crippen molar-refractivity contribution < 1.29 is 4.79 Å². The van der Waals surface area contributed by atoms with Crippen LogP contribution >= 0.6 is 0 Å². The maximum atomic E-state index is 11.5. The second-order valence-electron chi connectivity index (χ2n) is 4.41. The van der Waals surface area contributed by atoms with Gasteiger partial charge in [0, 0.05) is 12.8 Å². The molecule has 0 aliphatic carbocycles. The van der Waals surface area contributed by atoms with Gasteiger partial charge in [0.05, 0.1) is 0 Å². The summed E-state index contributed by atoms with van der Waals surface area (Å²) < 4.78 is 0. The predicted molar refractivity (Wildman–Crippen MR) is 59.3 cm³/mol. The Kier molecular flexibility index (Phi) is 4.88. The summed E-state index contributed by atoms with van der Waals surface area (Å²) in [5.74, 6) is 0.989. The van der Waals surface area contributed by atoms with Crippen LogP contribution in [0.1, 0.15) is 39.0 Å². The lowest BCUT2D eigenvalue weighted by molar-refractivity contribution is -0.120. The van der Waals surface area contributed by atoms with Gasteiger partial charge in [-0.2, -0.15) is 0 Å². The first-order chi connectivity index (χ1) is 6.68. The van der Waals surface area contributed by atoms with Crippen molar-refractivity contribution in [1.82, 2.24) is 5.32 Å². The Labute approximate surface area is 86.8 Å². The lowest BCUT2D eigenvalue weighted by Gasteiger charge is -2.21. The van der Waals surface area contributed by atoms with Crippen LogP contribution in [0.2, 0.25) is 0 Å². The van der Waals surface area contributed by atoms with Gasteiger partial charge in [-0.25, -0.2) is 0 Å². The molecule has 0 spiro atoms. The summed E-state index contributed by atoms with van der Waals surface area (Å²) in [6.07, 6.45) is 4.75. The zero-order valence-corrected chi connectivity index (χ0v) is 9.14. The molecule has 0 aromatic heterocycles. The molecule has 1 saturated heterocycles. The van der Waals surface area contributed by atoms with Crippen molar-refractivity contribution >= 4 is 5.78 Å². The number of nitrogens with one attached hydrogen (secondary N) is 1. The van der Waals surface area contributed by atoms with Crippen molar-refractivity contribution in [3.63, 3.8) is 0 Å². The summed E-state index contributed by atoms with van der Waals surface area (Å²) in [5, 5.41) is 3.34. The number of carbonyl (C=O) groups excluding carboxylic acids is 1. The molecule has 1 aliphatic heterocycles. The number of hydrogen-bond acceptors (Lipinski definition) is 2. The Bertz CT molecular complexity index is 204. The predicted octanol–water partition coefficient (Wildman–Crippen LogP) is 2.30. The van der Waals surface area contributed by atoms with Crippen LogP contribution < -0.4 is 5.32 Å². The van der Waals surface area contributed by atoms with Gasteiger partial charge in [-0.3, -0.25) is 4.79 Å². The first-order valence-corrected chi connectivity index (χ1v) is 5.55. The molecule has 0 radical (unpaired) electrons. The second-order valence-corrected chi connectivity index (χ2v) is 4.41. The normalized spacial score (nSPS) is 21.9. The van der Waals surface area contributed by atoms with Gasteiger partial charge in [0.25, 0.3) is 0 Å². The van der Waals surface area contributed by atoms with Crippen molar-refractivity contribution in [3.05, 3.63) is 12.2 Å². The topological polar surface area (TPSA) is 29.1 Å². The maximum absolute atomic E-state index is 11.5. The van der Waals surface area contributed by atoms with E-state index in [-0.39, 0.29) is 0 Å². The SMILES string of the molecule is C=C(C)CCC(=O)CC1CCCNC1. The molecule has 0 aromatic rings. The largest absolute Gasteiger partial charge is 0.316 e. The Morgan fingerprint density at radius 1 is 1.50 bits per heavy atom. The van der Waals surface area contributed by atoms with Crippen molar-refractivity contribution in [1.29, 1.82) is 0 Å². The molecule has 1 N–H and O–H groups in total. The third-order valence-electron chi connectivity index (χ3n) is 2.75. The third-order valence-corrected chi connectivity index (χ3v) is 2.75. The molecule has 14 heavy (non-hydrogen) atoms. The highest BCUT2D eigenvalue weighted by Gasteiger charge is 2.16. The highest BCUT2D eigenvalue weighted by Crippen LogP contribution is 2.16. The molecule has 2 heteroatoms. The Morgan fingerprint density at radius 2 is 2.29 bits per heavy atom. The molecular weight excluding hydrogens is 174 g/mol. The van der Waals surface area contributed by atoms with Crippen molar-refractivity contribution in [2.24, 2.45) is 5.92 Å². The average molecular weight is 195 g/mol. The molecule has 1 unspecified atom stereocenters. The van der Waals surface area contributed by atoms with Crippen LogP contribution in [0.25, 0.3) is 0 Å². The minimum atomic E-state index is 0.404. The summed E-state index contributed by atoms with van der Waals surface area (Å²) in [6, 6.07) is 0. The third kappa shape index (κ3) is 4.56. The van der Waals surface area contributed by atoms with Crippen LogP contribution in [0.5, 0.6) is 0 Å². The van der Waals surface area contributed by atoms with Gasteiger partial charge in [0.15, 0.2) is 0 Å². The summed E-state index contributed by atoms with van der Waals surface area (Å²) in [5.41, 5.74) is 1.11. The number of rotatable bonds is 5. The van der Waals surface area contributed by atoms with Crippen LogP contribution in [0, 0.1) is 5.92 Å². The van der Waals surface area contributed by atoms with E-state index in [9.17, 15) is 4.79 Å². The molecule has 0 aromatic carbocycles. The van der Waals surface area contributed by atoms with Gasteiger partial charge < -0.3 is 5.32 Å². The number of allylic oxidation sites excluding steroid dienone is 1. The monoisotopic (exact) mass is 195 g/mol. The summed E-state index contributed by atoms with van der Waals surface area (Å²) in [4.78, 5) is 11.5. The fourth-order valence-electron chi connectivity index (χ4n) is 1.88. The lowest BCUT2D eigenvalue weighted by atomic mass is 9.92. The van der Waals surface area contributed by atoms with Crippen LogP contribution in [0.15, 0.2) is 12.2 Å². The molecule has 0 amide bonds. The van der Waals surface area contributed by atoms with E-state index in [0.29, 0.717) is 18.1 Å². The van der Waals surface area contributed by atoms with Crippen molar-refractivity contribution in [2.45, 2.75) is 39.0 Å². The van der Waals surface area contributed by atoms with Crippen molar-refractivity contribution in [3.8, 4) is 0 Å². The van der Waals surface area contributed by atoms with E-state index >= 15 is 0 Å². The van der Waals surface area contributed by atoms with Crippen LogP contribution in [0.3, 0.4) is 0 Å². The first kappa shape index (κ1) is 11.4. The van der Waals surface area contributed by atoms with E-state index < -0.39 is 0 Å². The fraction of sp³-hybridized carbons (Fsp3) is 0.750. The molecule has 1 rings (SSSR count). The molecule has 1 fully saturated rings.